The summed E-state index contributed by atoms with van der Waals surface area (Å²) >= 11 is 0. The minimum Gasteiger partial charge on any atom is -0.357 e. The van der Waals surface area contributed by atoms with Crippen molar-refractivity contribution in [2.24, 2.45) is 0 Å². The zero-order valence-corrected chi connectivity index (χ0v) is 12.4. The second kappa shape index (κ2) is 5.92. The van der Waals surface area contributed by atoms with Crippen LogP contribution in [0.25, 0.3) is 0 Å². The summed E-state index contributed by atoms with van der Waals surface area (Å²) in [5.41, 5.74) is -1.21. The molecule has 0 spiro atoms. The van der Waals surface area contributed by atoms with Gasteiger partial charge in [-0.15, -0.1) is 0 Å². The third-order valence-corrected chi connectivity index (χ3v) is 4.00. The van der Waals surface area contributed by atoms with Crippen LogP contribution >= 0.6 is 0 Å². The molecule has 0 fully saturated rings. The fraction of sp³-hybridized carbons (Fsp3) is 0.417. The van der Waals surface area contributed by atoms with E-state index in [-0.39, 0.29) is 5.69 Å². The van der Waals surface area contributed by atoms with Crippen LogP contribution in [0, 0.1) is 0 Å². The highest BCUT2D eigenvalue weighted by Gasteiger charge is 2.33. The maximum Gasteiger partial charge on any atom is 0.416 e. The molecule has 0 aromatic heterocycles. The molecule has 0 unspecified atom stereocenters. The number of amides is 1. The fourth-order valence-electron chi connectivity index (χ4n) is 1.84. The summed E-state index contributed by atoms with van der Waals surface area (Å²) in [5.74, 6) is -0.627. The molecule has 0 aliphatic carbocycles. The van der Waals surface area contributed by atoms with E-state index in [1.54, 1.807) is 0 Å². The van der Waals surface area contributed by atoms with Crippen molar-refractivity contribution in [2.75, 3.05) is 17.6 Å². The number of hydrogen-bond donors (Lipinski definition) is 1. The van der Waals surface area contributed by atoms with Gasteiger partial charge in [0.05, 0.1) is 17.5 Å². The zero-order chi connectivity index (χ0) is 16.4. The molecule has 0 bridgehead atoms. The average molecular weight is 324 g/mol. The molecule has 0 aliphatic heterocycles. The number of hydrogen-bond acceptors (Lipinski definition) is 3. The molecular formula is C12H15F3N2O3S. The third kappa shape index (κ3) is 4.10. The highest BCUT2D eigenvalue weighted by Crippen LogP contribution is 2.32. The first-order valence-corrected chi connectivity index (χ1v) is 7.71. The number of nitrogens with one attached hydrogen (secondary N) is 1. The Labute approximate surface area is 120 Å². The number of likely N-dealkylation sites (N-methyl/N-ethyl adjacent to an activating group) is 1. The number of halogens is 3. The average Bonchev–Trinajstić information content (AvgIpc) is 2.35. The summed E-state index contributed by atoms with van der Waals surface area (Å²) in [6.07, 6.45) is -3.78. The molecule has 1 aromatic rings. The van der Waals surface area contributed by atoms with E-state index in [9.17, 15) is 26.4 Å². The van der Waals surface area contributed by atoms with Crippen molar-refractivity contribution in [3.63, 3.8) is 0 Å². The van der Waals surface area contributed by atoms with Gasteiger partial charge in [-0.05, 0) is 25.1 Å². The van der Waals surface area contributed by atoms with Crippen molar-refractivity contribution in [2.45, 2.75) is 19.1 Å². The minimum absolute atomic E-state index is 0.219. The summed E-state index contributed by atoms with van der Waals surface area (Å²) < 4.78 is 62.4. The van der Waals surface area contributed by atoms with E-state index in [1.165, 1.54) is 20.0 Å². The van der Waals surface area contributed by atoms with Gasteiger partial charge in [0, 0.05) is 7.05 Å². The molecule has 1 amide bonds. The molecule has 1 N–H and O–H groups in total. The molecule has 118 valence electrons. The molecule has 5 nitrogen and oxygen atoms in total. The van der Waals surface area contributed by atoms with E-state index in [1.807, 2.05) is 0 Å². The summed E-state index contributed by atoms with van der Waals surface area (Å²) in [5, 5.41) is 2.26. The van der Waals surface area contributed by atoms with Gasteiger partial charge in [-0.25, -0.2) is 8.42 Å². The van der Waals surface area contributed by atoms with Crippen LogP contribution in [0.3, 0.4) is 0 Å². The lowest BCUT2D eigenvalue weighted by Crippen LogP contribution is -2.47. The lowest BCUT2D eigenvalue weighted by atomic mass is 10.2. The smallest absolute Gasteiger partial charge is 0.357 e. The summed E-state index contributed by atoms with van der Waals surface area (Å²) in [4.78, 5) is 11.6. The number of sulfonamides is 1. The highest BCUT2D eigenvalue weighted by molar-refractivity contribution is 7.92. The molecule has 9 heteroatoms. The number of rotatable bonds is 4. The maximum atomic E-state index is 12.7. The molecule has 0 saturated heterocycles. The first-order chi connectivity index (χ1) is 9.48. The summed E-state index contributed by atoms with van der Waals surface area (Å²) in [6.45, 7) is 1.29. The van der Waals surface area contributed by atoms with Crippen molar-refractivity contribution in [1.82, 2.24) is 5.32 Å². The van der Waals surface area contributed by atoms with Gasteiger partial charge < -0.3 is 5.32 Å². The molecule has 1 rings (SSSR count). The topological polar surface area (TPSA) is 66.5 Å². The third-order valence-electron chi connectivity index (χ3n) is 2.76. The van der Waals surface area contributed by atoms with Crippen LogP contribution in [-0.2, 0) is 21.0 Å². The number of nitrogens with zero attached hydrogens (tertiary/aromatic N) is 1. The van der Waals surface area contributed by atoms with Crippen molar-refractivity contribution in [3.8, 4) is 0 Å². The highest BCUT2D eigenvalue weighted by atomic mass is 32.2. The number of benzene rings is 1. The van der Waals surface area contributed by atoms with Gasteiger partial charge in [0.25, 0.3) is 0 Å². The van der Waals surface area contributed by atoms with Gasteiger partial charge in [0.15, 0.2) is 0 Å². The second-order valence-electron chi connectivity index (χ2n) is 4.40. The van der Waals surface area contributed by atoms with Crippen LogP contribution in [0.2, 0.25) is 0 Å². The molecule has 0 saturated carbocycles. The van der Waals surface area contributed by atoms with Crippen LogP contribution in [0.5, 0.6) is 0 Å². The quantitative estimate of drug-likeness (QED) is 0.915. The fourth-order valence-corrected chi connectivity index (χ4v) is 3.00. The van der Waals surface area contributed by atoms with E-state index in [2.05, 4.69) is 5.32 Å². The largest absolute Gasteiger partial charge is 0.416 e. The van der Waals surface area contributed by atoms with E-state index < -0.39 is 33.7 Å². The van der Waals surface area contributed by atoms with Gasteiger partial charge in [-0.2, -0.15) is 13.2 Å². The Morgan fingerprint density at radius 2 is 1.90 bits per heavy atom. The molecule has 0 radical (unpaired) electrons. The number of carbonyl (C=O) groups excluding carboxylic acids is 1. The lowest BCUT2D eigenvalue weighted by Gasteiger charge is -2.28. The Morgan fingerprint density at radius 3 is 2.33 bits per heavy atom. The van der Waals surface area contributed by atoms with Gasteiger partial charge in [0.1, 0.15) is 6.04 Å². The van der Waals surface area contributed by atoms with E-state index >= 15 is 0 Å². The van der Waals surface area contributed by atoms with Crippen molar-refractivity contribution < 1.29 is 26.4 Å². The molecular weight excluding hydrogens is 309 g/mol. The van der Waals surface area contributed by atoms with E-state index in [0.717, 1.165) is 18.4 Å². The zero-order valence-electron chi connectivity index (χ0n) is 11.6. The van der Waals surface area contributed by atoms with Crippen LogP contribution in [0.1, 0.15) is 12.5 Å². The first-order valence-electron chi connectivity index (χ1n) is 5.86. The van der Waals surface area contributed by atoms with Gasteiger partial charge >= 0.3 is 6.18 Å². The maximum absolute atomic E-state index is 12.7. The van der Waals surface area contributed by atoms with Gasteiger partial charge in [-0.3, -0.25) is 9.10 Å². The Balaban J connectivity index is 3.39. The Bertz CT molecular complexity index is 629. The number of anilines is 1. The van der Waals surface area contributed by atoms with Crippen molar-refractivity contribution in [1.29, 1.82) is 0 Å². The normalized spacial score (nSPS) is 13.6. The minimum atomic E-state index is -4.60. The predicted molar refractivity (Wildman–Crippen MR) is 72.3 cm³/mol. The van der Waals surface area contributed by atoms with Crippen LogP contribution in [0.15, 0.2) is 24.3 Å². The monoisotopic (exact) mass is 324 g/mol. The Morgan fingerprint density at radius 1 is 1.33 bits per heavy atom. The number of alkyl halides is 3. The number of carbonyl (C=O) groups is 1. The van der Waals surface area contributed by atoms with Crippen LogP contribution < -0.4 is 9.62 Å². The van der Waals surface area contributed by atoms with E-state index in [0.29, 0.717) is 10.4 Å². The van der Waals surface area contributed by atoms with Crippen LogP contribution in [0.4, 0.5) is 18.9 Å². The molecule has 1 aromatic carbocycles. The SMILES string of the molecule is CNC(=O)[C@H](C)N(c1cccc(C(F)(F)F)c1)S(C)(=O)=O. The molecule has 1 atom stereocenters. The van der Waals surface area contributed by atoms with Gasteiger partial charge in [-0.1, -0.05) is 6.07 Å². The van der Waals surface area contributed by atoms with Crippen LogP contribution in [-0.4, -0.2) is 33.7 Å². The first kappa shape index (κ1) is 17.3. The second-order valence-corrected chi connectivity index (χ2v) is 6.26. The summed E-state index contributed by atoms with van der Waals surface area (Å²) in [6, 6.07) is 2.64. The van der Waals surface area contributed by atoms with Gasteiger partial charge in [0.2, 0.25) is 15.9 Å². The standard InChI is InChI=1S/C12H15F3N2O3S/c1-8(11(18)16-2)17(21(3,19)20)10-6-4-5-9(7-10)12(13,14)15/h4-8H,1-3H3,(H,16,18)/t8-/m0/s1. The summed E-state index contributed by atoms with van der Waals surface area (Å²) in [7, 11) is -2.62. The van der Waals surface area contributed by atoms with Crippen molar-refractivity contribution in [3.05, 3.63) is 29.8 Å². The van der Waals surface area contributed by atoms with E-state index in [4.69, 9.17) is 0 Å². The molecule has 0 heterocycles. The lowest BCUT2D eigenvalue weighted by molar-refractivity contribution is -0.137. The Kier molecular flexibility index (Phi) is 4.87. The molecule has 21 heavy (non-hydrogen) atoms. The van der Waals surface area contributed by atoms with Crippen molar-refractivity contribution >= 4 is 21.6 Å². The molecule has 0 aliphatic rings. The Hall–Kier alpha value is -1.77. The predicted octanol–water partition coefficient (Wildman–Crippen LogP) is 1.61.